The van der Waals surface area contributed by atoms with Crippen LogP contribution in [0.25, 0.3) is 5.69 Å². The predicted octanol–water partition coefficient (Wildman–Crippen LogP) is 3.39. The molecule has 1 heterocycles. The van der Waals surface area contributed by atoms with Gasteiger partial charge in [-0.25, -0.2) is 4.68 Å². The van der Waals surface area contributed by atoms with Gasteiger partial charge in [0.1, 0.15) is 18.1 Å². The summed E-state index contributed by atoms with van der Waals surface area (Å²) in [6, 6.07) is 14.5. The maximum Gasteiger partial charge on any atom is 0.276 e. The number of rotatable bonds is 7. The van der Waals surface area contributed by atoms with Gasteiger partial charge in [-0.3, -0.25) is 4.79 Å². The second kappa shape index (κ2) is 8.75. The van der Waals surface area contributed by atoms with Crippen molar-refractivity contribution in [3.05, 3.63) is 64.9 Å². The summed E-state index contributed by atoms with van der Waals surface area (Å²) in [6.45, 7) is 2.57. The Kier molecular flexibility index (Phi) is 6.16. The smallest absolute Gasteiger partial charge is 0.276 e. The maximum atomic E-state index is 12.7. The molecule has 0 radical (unpaired) electrons. The molecule has 0 aliphatic rings. The summed E-state index contributed by atoms with van der Waals surface area (Å²) in [5.74, 6) is 1.26. The molecule has 3 aromatic rings. The van der Waals surface area contributed by atoms with E-state index in [1.54, 1.807) is 42.8 Å². The summed E-state index contributed by atoms with van der Waals surface area (Å²) in [7, 11) is 3.32. The first kappa shape index (κ1) is 19.7. The fourth-order valence-corrected chi connectivity index (χ4v) is 2.82. The Bertz CT molecular complexity index is 956. The molecule has 0 atom stereocenters. The van der Waals surface area contributed by atoms with E-state index in [1.807, 2.05) is 36.4 Å². The van der Waals surface area contributed by atoms with Crippen LogP contribution in [0.5, 0.6) is 11.5 Å². The molecule has 0 spiro atoms. The number of ether oxygens (including phenoxy) is 2. The number of carbonyl (C=O) groups excluding carboxylic acids is 1. The summed E-state index contributed by atoms with van der Waals surface area (Å²) >= 11 is 6.03. The predicted molar refractivity (Wildman–Crippen MR) is 107 cm³/mol. The van der Waals surface area contributed by atoms with Gasteiger partial charge in [0.25, 0.3) is 5.91 Å². The zero-order chi connectivity index (χ0) is 20.1. The molecule has 0 saturated carbocycles. The van der Waals surface area contributed by atoms with Crippen molar-refractivity contribution in [1.82, 2.24) is 19.9 Å². The van der Waals surface area contributed by atoms with Gasteiger partial charge in [0.05, 0.1) is 25.0 Å². The average molecular weight is 401 g/mol. The summed E-state index contributed by atoms with van der Waals surface area (Å²) in [4.78, 5) is 14.3. The fourth-order valence-electron chi connectivity index (χ4n) is 2.63. The summed E-state index contributed by atoms with van der Waals surface area (Å²) < 4.78 is 12.4. The summed E-state index contributed by atoms with van der Waals surface area (Å²) in [5.41, 5.74) is 1.70. The van der Waals surface area contributed by atoms with Gasteiger partial charge in [-0.1, -0.05) is 22.9 Å². The third-order valence-electron chi connectivity index (χ3n) is 4.25. The second-order valence-electron chi connectivity index (χ2n) is 6.17. The van der Waals surface area contributed by atoms with Gasteiger partial charge < -0.3 is 14.4 Å². The highest BCUT2D eigenvalue weighted by molar-refractivity contribution is 6.30. The van der Waals surface area contributed by atoms with Gasteiger partial charge in [0, 0.05) is 12.1 Å². The molecule has 0 aliphatic heterocycles. The summed E-state index contributed by atoms with van der Waals surface area (Å²) in [6.07, 6.45) is 0. The number of methoxy groups -OCH3 is 1. The molecule has 3 rings (SSSR count). The van der Waals surface area contributed by atoms with Crippen molar-refractivity contribution in [1.29, 1.82) is 0 Å². The quantitative estimate of drug-likeness (QED) is 0.608. The minimum atomic E-state index is -0.218. The Morgan fingerprint density at radius 2 is 1.89 bits per heavy atom. The average Bonchev–Trinajstić information content (AvgIpc) is 3.09. The lowest BCUT2D eigenvalue weighted by atomic mass is 10.2. The molecule has 0 fully saturated rings. The maximum absolute atomic E-state index is 12.7. The van der Waals surface area contributed by atoms with E-state index in [1.165, 1.54) is 0 Å². The lowest BCUT2D eigenvalue weighted by Crippen LogP contribution is -2.31. The number of benzene rings is 2. The molecule has 0 N–H and O–H groups in total. The van der Waals surface area contributed by atoms with Crippen molar-refractivity contribution in [3.8, 4) is 17.2 Å². The number of halogens is 1. The fraction of sp³-hybridized carbons (Fsp3) is 0.250. The largest absolute Gasteiger partial charge is 0.497 e. The van der Waals surface area contributed by atoms with E-state index in [9.17, 15) is 4.79 Å². The van der Waals surface area contributed by atoms with Crippen molar-refractivity contribution < 1.29 is 14.3 Å². The van der Waals surface area contributed by atoms with Crippen LogP contribution in [0.15, 0.2) is 48.5 Å². The highest BCUT2D eigenvalue weighted by Crippen LogP contribution is 2.18. The van der Waals surface area contributed by atoms with E-state index in [2.05, 4.69) is 10.3 Å². The number of carbonyl (C=O) groups is 1. The van der Waals surface area contributed by atoms with Crippen LogP contribution in [0.4, 0.5) is 0 Å². The standard InChI is InChI=1S/C20H21ClN4O3/c1-14-19(22-23-25(14)16-6-4-5-15(21)13-16)20(26)24(2)11-12-28-18-9-7-17(27-3)8-10-18/h4-10,13H,11-12H2,1-3H3. The molecule has 0 saturated heterocycles. The van der Waals surface area contributed by atoms with Gasteiger partial charge in [-0.15, -0.1) is 5.10 Å². The monoisotopic (exact) mass is 400 g/mol. The molecule has 1 aromatic heterocycles. The molecule has 0 unspecified atom stereocenters. The zero-order valence-corrected chi connectivity index (χ0v) is 16.7. The highest BCUT2D eigenvalue weighted by atomic mass is 35.5. The van der Waals surface area contributed by atoms with Gasteiger partial charge in [0.2, 0.25) is 0 Å². The van der Waals surface area contributed by atoms with E-state index in [-0.39, 0.29) is 5.91 Å². The SMILES string of the molecule is COc1ccc(OCCN(C)C(=O)c2nnn(-c3cccc(Cl)c3)c2C)cc1. The van der Waals surface area contributed by atoms with Crippen molar-refractivity contribution in [2.45, 2.75) is 6.92 Å². The topological polar surface area (TPSA) is 69.5 Å². The Balaban J connectivity index is 1.61. The molecule has 2 aromatic carbocycles. The van der Waals surface area contributed by atoms with E-state index >= 15 is 0 Å². The number of amides is 1. The molecular weight excluding hydrogens is 380 g/mol. The van der Waals surface area contributed by atoms with Crippen LogP contribution in [-0.2, 0) is 0 Å². The van der Waals surface area contributed by atoms with Gasteiger partial charge in [0.15, 0.2) is 5.69 Å². The molecule has 0 aliphatic carbocycles. The van der Waals surface area contributed by atoms with Crippen molar-refractivity contribution >= 4 is 17.5 Å². The Morgan fingerprint density at radius 1 is 1.18 bits per heavy atom. The molecule has 0 bridgehead atoms. The van der Waals surface area contributed by atoms with Crippen LogP contribution < -0.4 is 9.47 Å². The number of aromatic nitrogens is 3. The number of nitrogens with zero attached hydrogens (tertiary/aromatic N) is 4. The summed E-state index contributed by atoms with van der Waals surface area (Å²) in [5, 5.41) is 8.74. The number of hydrogen-bond acceptors (Lipinski definition) is 5. The van der Waals surface area contributed by atoms with E-state index in [0.717, 1.165) is 11.4 Å². The van der Waals surface area contributed by atoms with Crippen LogP contribution in [0, 0.1) is 6.92 Å². The van der Waals surface area contributed by atoms with Crippen molar-refractivity contribution in [2.75, 3.05) is 27.3 Å². The zero-order valence-electron chi connectivity index (χ0n) is 15.9. The van der Waals surface area contributed by atoms with Crippen molar-refractivity contribution in [2.24, 2.45) is 0 Å². The second-order valence-corrected chi connectivity index (χ2v) is 6.60. The lowest BCUT2D eigenvalue weighted by Gasteiger charge is -2.16. The third kappa shape index (κ3) is 4.43. The Morgan fingerprint density at radius 3 is 2.57 bits per heavy atom. The lowest BCUT2D eigenvalue weighted by molar-refractivity contribution is 0.0767. The first-order chi connectivity index (χ1) is 13.5. The van der Waals surface area contributed by atoms with Crippen LogP contribution >= 0.6 is 11.6 Å². The van der Waals surface area contributed by atoms with E-state index in [0.29, 0.717) is 35.3 Å². The minimum absolute atomic E-state index is 0.218. The van der Waals surface area contributed by atoms with Crippen LogP contribution in [0.3, 0.4) is 0 Å². The van der Waals surface area contributed by atoms with Crippen LogP contribution in [0.1, 0.15) is 16.2 Å². The Labute approximate surface area is 168 Å². The minimum Gasteiger partial charge on any atom is -0.497 e. The van der Waals surface area contributed by atoms with Gasteiger partial charge in [-0.05, 0) is 49.4 Å². The number of likely N-dealkylation sites (N-methyl/N-ethyl adjacent to an activating group) is 1. The molecule has 146 valence electrons. The third-order valence-corrected chi connectivity index (χ3v) is 4.49. The molecular formula is C20H21ClN4O3. The van der Waals surface area contributed by atoms with E-state index < -0.39 is 0 Å². The van der Waals surface area contributed by atoms with Gasteiger partial charge in [-0.2, -0.15) is 0 Å². The molecule has 7 nitrogen and oxygen atoms in total. The first-order valence-electron chi connectivity index (χ1n) is 8.70. The van der Waals surface area contributed by atoms with E-state index in [4.69, 9.17) is 21.1 Å². The Hall–Kier alpha value is -3.06. The van der Waals surface area contributed by atoms with Crippen LogP contribution in [0.2, 0.25) is 5.02 Å². The van der Waals surface area contributed by atoms with Gasteiger partial charge >= 0.3 is 0 Å². The highest BCUT2D eigenvalue weighted by Gasteiger charge is 2.20. The normalized spacial score (nSPS) is 10.6. The molecule has 1 amide bonds. The van der Waals surface area contributed by atoms with Crippen LogP contribution in [-0.4, -0.2) is 53.1 Å². The first-order valence-corrected chi connectivity index (χ1v) is 9.08. The van der Waals surface area contributed by atoms with Crippen molar-refractivity contribution in [3.63, 3.8) is 0 Å². The molecule has 8 heteroatoms. The number of hydrogen-bond donors (Lipinski definition) is 0. The molecule has 28 heavy (non-hydrogen) atoms.